The molecule has 75 heavy (non-hydrogen) atoms. The van der Waals surface area contributed by atoms with E-state index in [1.54, 1.807) is 0 Å². The van der Waals surface area contributed by atoms with E-state index >= 15 is 0 Å². The number of carbonyl (C=O) groups excluding carboxylic acids is 3. The Balaban J connectivity index is -0.00000157. The van der Waals surface area contributed by atoms with Crippen molar-refractivity contribution in [2.75, 3.05) is 59.2 Å². The number of aliphatic hydroxyl groups excluding tert-OH is 1. The molecule has 0 aliphatic heterocycles. The SMILES string of the molecule is C.CCCCCCCCCCCCCCCOC(=O)CCN(CCCCCO)CCC(=O)OCCCCCCCCCCCCCCC.CCCCCCCCCCCCCCCOC(=O)CCNCCCCCC. The van der Waals surface area contributed by atoms with Gasteiger partial charge < -0.3 is 29.5 Å². The summed E-state index contributed by atoms with van der Waals surface area (Å²) >= 11 is 0. The number of nitrogens with zero attached hydrogens (tertiary/aromatic N) is 1. The second-order valence-corrected chi connectivity index (χ2v) is 22.1. The number of unbranched alkanes of at least 4 members (excludes halogenated alkanes) is 41. The number of esters is 3. The highest BCUT2D eigenvalue weighted by atomic mass is 16.5. The van der Waals surface area contributed by atoms with Crippen molar-refractivity contribution in [1.82, 2.24) is 10.2 Å². The molecule has 0 atom stereocenters. The van der Waals surface area contributed by atoms with E-state index in [0.717, 1.165) is 71.0 Å². The lowest BCUT2D eigenvalue weighted by atomic mass is 10.0. The van der Waals surface area contributed by atoms with Crippen LogP contribution in [0.2, 0.25) is 0 Å². The van der Waals surface area contributed by atoms with Gasteiger partial charge in [-0.1, -0.05) is 286 Å². The second kappa shape index (κ2) is 70.3. The van der Waals surface area contributed by atoms with Gasteiger partial charge in [-0.25, -0.2) is 0 Å². The van der Waals surface area contributed by atoms with Crippen molar-refractivity contribution in [3.63, 3.8) is 0 Å². The summed E-state index contributed by atoms with van der Waals surface area (Å²) in [6, 6.07) is 0. The minimum Gasteiger partial charge on any atom is -0.466 e. The molecule has 0 radical (unpaired) electrons. The first kappa shape index (κ1) is 77.5. The van der Waals surface area contributed by atoms with Crippen LogP contribution >= 0.6 is 0 Å². The summed E-state index contributed by atoms with van der Waals surface area (Å²) in [6.45, 7) is 14.7. The Morgan fingerprint density at radius 3 is 0.853 bits per heavy atom. The van der Waals surface area contributed by atoms with Gasteiger partial charge in [0, 0.05) is 26.2 Å². The van der Waals surface area contributed by atoms with Crippen LogP contribution in [0, 0.1) is 0 Å². The van der Waals surface area contributed by atoms with Gasteiger partial charge in [0.25, 0.3) is 0 Å². The predicted octanol–water partition coefficient (Wildman–Crippen LogP) is 19.3. The van der Waals surface area contributed by atoms with Crippen molar-refractivity contribution in [3.8, 4) is 0 Å². The fourth-order valence-corrected chi connectivity index (χ4v) is 9.58. The topological polar surface area (TPSA) is 114 Å². The number of hydrogen-bond donors (Lipinski definition) is 2. The van der Waals surface area contributed by atoms with Gasteiger partial charge in [-0.2, -0.15) is 0 Å². The Kier molecular flexibility index (Phi) is 72.7. The zero-order valence-electron chi connectivity index (χ0n) is 50.4. The average Bonchev–Trinajstić information content (AvgIpc) is 3.40. The van der Waals surface area contributed by atoms with Crippen LogP contribution in [-0.2, 0) is 28.6 Å². The second-order valence-electron chi connectivity index (χ2n) is 22.1. The molecule has 0 aliphatic carbocycles. The monoisotopic (exact) mass is 1070 g/mol. The number of ether oxygens (including phenoxy) is 3. The smallest absolute Gasteiger partial charge is 0.307 e. The Hall–Kier alpha value is -1.71. The molecule has 0 aromatic heterocycles. The Morgan fingerprint density at radius 1 is 0.307 bits per heavy atom. The van der Waals surface area contributed by atoms with Crippen LogP contribution in [0.3, 0.4) is 0 Å². The summed E-state index contributed by atoms with van der Waals surface area (Å²) < 4.78 is 16.3. The molecule has 9 nitrogen and oxygen atoms in total. The van der Waals surface area contributed by atoms with E-state index in [4.69, 9.17) is 19.3 Å². The molecule has 450 valence electrons. The molecule has 0 aromatic rings. The van der Waals surface area contributed by atoms with Crippen LogP contribution in [0.4, 0.5) is 0 Å². The van der Waals surface area contributed by atoms with E-state index in [9.17, 15) is 14.4 Å². The summed E-state index contributed by atoms with van der Waals surface area (Å²) in [5.74, 6) is -0.335. The lowest BCUT2D eigenvalue weighted by Crippen LogP contribution is -2.30. The number of rotatable bonds is 61. The molecule has 0 saturated carbocycles. The highest BCUT2D eigenvalue weighted by Crippen LogP contribution is 2.16. The molecule has 0 amide bonds. The van der Waals surface area contributed by atoms with Crippen LogP contribution < -0.4 is 5.32 Å². The van der Waals surface area contributed by atoms with Gasteiger partial charge in [0.2, 0.25) is 0 Å². The van der Waals surface area contributed by atoms with Gasteiger partial charge in [-0.15, -0.1) is 0 Å². The Labute approximate surface area is 468 Å². The molecule has 0 bridgehead atoms. The molecular weight excluding hydrogens is 933 g/mol. The van der Waals surface area contributed by atoms with Crippen molar-refractivity contribution < 1.29 is 33.7 Å². The number of nitrogens with one attached hydrogen (secondary N) is 1. The molecule has 0 aromatic carbocycles. The first-order valence-corrected chi connectivity index (χ1v) is 33.0. The molecular formula is C66H134N2O7. The largest absolute Gasteiger partial charge is 0.466 e. The average molecular weight is 1070 g/mol. The van der Waals surface area contributed by atoms with Crippen molar-refractivity contribution in [1.29, 1.82) is 0 Å². The van der Waals surface area contributed by atoms with Gasteiger partial charge in [0.05, 0.1) is 39.1 Å². The summed E-state index contributed by atoms with van der Waals surface area (Å²) in [4.78, 5) is 38.5. The summed E-state index contributed by atoms with van der Waals surface area (Å²) in [5, 5.41) is 12.4. The number of carbonyl (C=O) groups is 3. The molecule has 9 heteroatoms. The molecule has 0 saturated heterocycles. The summed E-state index contributed by atoms with van der Waals surface area (Å²) in [7, 11) is 0. The first-order valence-electron chi connectivity index (χ1n) is 33.0. The Morgan fingerprint density at radius 2 is 0.560 bits per heavy atom. The maximum absolute atomic E-state index is 12.4. The number of hydrogen-bond acceptors (Lipinski definition) is 9. The molecule has 0 fully saturated rings. The van der Waals surface area contributed by atoms with Gasteiger partial charge in [0.1, 0.15) is 0 Å². The highest BCUT2D eigenvalue weighted by molar-refractivity contribution is 5.70. The van der Waals surface area contributed by atoms with Crippen LogP contribution in [0.1, 0.15) is 350 Å². The summed E-state index contributed by atoms with van der Waals surface area (Å²) in [6.07, 6.45) is 60.4. The van der Waals surface area contributed by atoms with Crippen molar-refractivity contribution in [2.45, 2.75) is 350 Å². The van der Waals surface area contributed by atoms with Crippen LogP contribution in [0.15, 0.2) is 0 Å². The molecule has 0 spiro atoms. The van der Waals surface area contributed by atoms with Crippen LogP contribution in [-0.4, -0.2) is 87.1 Å². The predicted molar refractivity (Wildman–Crippen MR) is 325 cm³/mol. The van der Waals surface area contributed by atoms with Crippen LogP contribution in [0.25, 0.3) is 0 Å². The van der Waals surface area contributed by atoms with E-state index < -0.39 is 0 Å². The van der Waals surface area contributed by atoms with E-state index in [-0.39, 0.29) is 31.9 Å². The van der Waals surface area contributed by atoms with E-state index in [0.29, 0.717) is 52.2 Å². The van der Waals surface area contributed by atoms with Crippen molar-refractivity contribution in [3.05, 3.63) is 0 Å². The van der Waals surface area contributed by atoms with E-state index in [2.05, 4.69) is 37.9 Å². The van der Waals surface area contributed by atoms with Crippen molar-refractivity contribution in [2.24, 2.45) is 0 Å². The van der Waals surface area contributed by atoms with Crippen molar-refractivity contribution >= 4 is 17.9 Å². The molecule has 0 aliphatic rings. The third kappa shape index (κ3) is 70.3. The van der Waals surface area contributed by atoms with E-state index in [1.165, 1.54) is 244 Å². The maximum Gasteiger partial charge on any atom is 0.307 e. The summed E-state index contributed by atoms with van der Waals surface area (Å²) in [5.41, 5.74) is 0. The fourth-order valence-electron chi connectivity index (χ4n) is 9.58. The normalized spacial score (nSPS) is 11.1. The number of aliphatic hydroxyl groups is 1. The van der Waals surface area contributed by atoms with Gasteiger partial charge >= 0.3 is 17.9 Å². The quantitative estimate of drug-likeness (QED) is 0.0349. The van der Waals surface area contributed by atoms with Gasteiger partial charge in [-0.3, -0.25) is 14.4 Å². The highest BCUT2D eigenvalue weighted by Gasteiger charge is 2.13. The first-order chi connectivity index (χ1) is 36.4. The lowest BCUT2D eigenvalue weighted by molar-refractivity contribution is -0.145. The zero-order chi connectivity index (χ0) is 54.2. The van der Waals surface area contributed by atoms with Gasteiger partial charge in [-0.05, 0) is 58.0 Å². The molecule has 0 heterocycles. The zero-order valence-corrected chi connectivity index (χ0v) is 50.4. The van der Waals surface area contributed by atoms with Gasteiger partial charge in [0.15, 0.2) is 0 Å². The molecule has 0 rings (SSSR count). The van der Waals surface area contributed by atoms with E-state index in [1.807, 2.05) is 0 Å². The standard InChI is InChI=1S/C41H81NO5.C24H49NO2.CH4/c1-3-5-7-9-11-13-15-17-19-21-23-25-30-38-46-40(44)32-35-42(34-28-27-29-37-43)36-33-41(45)47-39-31-26-24-22-20-18-16-14-12-10-8-6-4-2;1-3-5-7-9-10-11-12-13-14-15-16-17-19-23-27-24(26)20-22-25-21-18-8-6-4-2;/h43H,3-39H2,1-2H3;25H,3-23H2,1-2H3;1H4. The Bertz CT molecular complexity index is 1040. The minimum absolute atomic E-state index is 0. The third-order valence-corrected chi connectivity index (χ3v) is 14.6. The fraction of sp³-hybridized carbons (Fsp3) is 0.955. The molecule has 2 N–H and O–H groups in total. The maximum atomic E-state index is 12.4. The third-order valence-electron chi connectivity index (χ3n) is 14.6. The van der Waals surface area contributed by atoms with Crippen LogP contribution in [0.5, 0.6) is 0 Å². The lowest BCUT2D eigenvalue weighted by Gasteiger charge is -2.21. The molecule has 0 unspecified atom stereocenters. The minimum atomic E-state index is -0.144.